The lowest BCUT2D eigenvalue weighted by Gasteiger charge is -2.23. The van der Waals surface area contributed by atoms with Gasteiger partial charge in [-0.15, -0.1) is 0 Å². The molecule has 4 nitrogen and oxygen atoms in total. The van der Waals surface area contributed by atoms with Crippen molar-refractivity contribution >= 4 is 5.70 Å². The number of nitrogens with zero attached hydrogens (tertiary/aromatic N) is 4. The van der Waals surface area contributed by atoms with E-state index in [0.29, 0.717) is 23.5 Å². The Labute approximate surface area is 360 Å². The van der Waals surface area contributed by atoms with E-state index >= 15 is 0 Å². The first-order chi connectivity index (χ1) is 29.1. The van der Waals surface area contributed by atoms with Crippen molar-refractivity contribution in [2.24, 2.45) is 11.8 Å². The molecule has 0 atom stereocenters. The molecular formula is C53H61F4N4+. The molecule has 1 aliphatic rings. The highest BCUT2D eigenvalue weighted by Crippen LogP contribution is 2.40. The first-order valence-electron chi connectivity index (χ1n) is 21.4. The molecule has 0 fully saturated rings. The van der Waals surface area contributed by atoms with Gasteiger partial charge in [-0.3, -0.25) is 4.57 Å². The van der Waals surface area contributed by atoms with E-state index < -0.39 is 23.3 Å². The second-order valence-corrected chi connectivity index (χ2v) is 16.7. The van der Waals surface area contributed by atoms with Gasteiger partial charge in [-0.1, -0.05) is 125 Å². The van der Waals surface area contributed by atoms with Gasteiger partial charge in [0.2, 0.25) is 0 Å². The fraction of sp³-hybridized carbons (Fsp3) is 0.321. The van der Waals surface area contributed by atoms with Gasteiger partial charge in [0.15, 0.2) is 0 Å². The topological polar surface area (TPSA) is 26.6 Å². The highest BCUT2D eigenvalue weighted by molar-refractivity contribution is 5.76. The first-order valence-corrected chi connectivity index (χ1v) is 21.4. The van der Waals surface area contributed by atoms with Crippen LogP contribution in [0.1, 0.15) is 111 Å². The lowest BCUT2D eigenvalue weighted by molar-refractivity contribution is -0.671. The van der Waals surface area contributed by atoms with Gasteiger partial charge in [-0.2, -0.15) is 4.57 Å². The molecule has 0 amide bonds. The minimum Gasteiger partial charge on any atom is -0.299 e. The summed E-state index contributed by atoms with van der Waals surface area (Å²) in [4.78, 5) is 4.35. The zero-order valence-corrected chi connectivity index (χ0v) is 37.6. The summed E-state index contributed by atoms with van der Waals surface area (Å²) >= 11 is 0. The molecule has 0 aliphatic carbocycles. The Morgan fingerprint density at radius 3 is 1.93 bits per heavy atom. The Bertz CT molecular complexity index is 2500. The van der Waals surface area contributed by atoms with Crippen LogP contribution in [0.4, 0.5) is 17.6 Å². The van der Waals surface area contributed by atoms with E-state index in [0.717, 1.165) is 40.5 Å². The van der Waals surface area contributed by atoms with Crippen LogP contribution < -0.4 is 4.57 Å². The fourth-order valence-electron chi connectivity index (χ4n) is 7.97. The van der Waals surface area contributed by atoms with Crippen LogP contribution in [0.15, 0.2) is 127 Å². The zero-order chi connectivity index (χ0) is 44.7. The van der Waals surface area contributed by atoms with Crippen molar-refractivity contribution in [2.45, 2.75) is 101 Å². The second kappa shape index (κ2) is 20.2. The molecule has 0 radical (unpaired) electrons. The molecule has 0 saturated heterocycles. The average molecular weight is 830 g/mol. The number of halogens is 4. The van der Waals surface area contributed by atoms with Gasteiger partial charge in [0.25, 0.3) is 5.82 Å². The minimum absolute atomic E-state index is 0.226. The minimum atomic E-state index is -0.631. The molecule has 1 aliphatic heterocycles. The Kier molecular flexibility index (Phi) is 15.3. The van der Waals surface area contributed by atoms with Crippen molar-refractivity contribution in [3.05, 3.63) is 167 Å². The standard InChI is InChI=1S/C28H27F2N2.C22H26F2N2.C3H8/c1-17(2)23-13-20(19-8-6-5-7-9-19)14-24(18(3)4)27(23)32-11-10-31-16-21-12-22(29)15-25(30)26(21)28(31)32;1-7-17(14(3)4)21(18(8-2)15(5)6)26-12-11-25-22(26)19-10-9-16(23)13-20(19)24;1-3-2/h5-15,17-18H,16H2,1-4H3;7-15H,1H2,2-6H3;3H2,1-2H3/q+1;;/b;18-8-,21-17-;. The lowest BCUT2D eigenvalue weighted by Crippen LogP contribution is -2.30. The van der Waals surface area contributed by atoms with Gasteiger partial charge in [-0.25, -0.2) is 27.1 Å². The van der Waals surface area contributed by atoms with E-state index in [1.165, 1.54) is 46.9 Å². The number of allylic oxidation sites excluding steroid dienone is 5. The summed E-state index contributed by atoms with van der Waals surface area (Å²) in [6.07, 6.45) is 12.6. The fourth-order valence-corrected chi connectivity index (χ4v) is 7.97. The van der Waals surface area contributed by atoms with Crippen LogP contribution >= 0.6 is 0 Å². The lowest BCUT2D eigenvalue weighted by atomic mass is 9.88. The molecule has 3 heterocycles. The average Bonchev–Trinajstić information content (AvgIpc) is 3.94. The summed E-state index contributed by atoms with van der Waals surface area (Å²) in [5.41, 5.74) is 10.5. The number of rotatable bonds is 10. The third-order valence-electron chi connectivity index (χ3n) is 10.7. The number of hydrogen-bond donors (Lipinski definition) is 0. The van der Waals surface area contributed by atoms with Crippen LogP contribution in [0.5, 0.6) is 0 Å². The van der Waals surface area contributed by atoms with Gasteiger partial charge >= 0.3 is 0 Å². The van der Waals surface area contributed by atoms with Crippen molar-refractivity contribution in [1.29, 1.82) is 0 Å². The Balaban J connectivity index is 0.000000222. The van der Waals surface area contributed by atoms with Crippen LogP contribution in [-0.2, 0) is 6.54 Å². The third kappa shape index (κ3) is 9.91. The monoisotopic (exact) mass is 829 g/mol. The van der Waals surface area contributed by atoms with Gasteiger partial charge in [0.05, 0.1) is 11.3 Å². The van der Waals surface area contributed by atoms with E-state index in [9.17, 15) is 17.6 Å². The molecule has 2 aromatic heterocycles. The largest absolute Gasteiger partial charge is 0.299 e. The SMILES string of the molecule is C=C/C(=C(\C(=C/C)C(C)C)n1ccnc1-c1ccc(F)cc1F)C(C)C.CC(C)c1cc(-c2ccccc2)cc(C(C)C)c1-n1cc[n+]2c1-c1c(F)cc(F)cc1C2.CCC. The summed E-state index contributed by atoms with van der Waals surface area (Å²) < 4.78 is 62.5. The molecular weight excluding hydrogens is 769 g/mol. The van der Waals surface area contributed by atoms with Crippen molar-refractivity contribution in [1.82, 2.24) is 14.1 Å². The van der Waals surface area contributed by atoms with E-state index in [2.05, 4.69) is 128 Å². The Morgan fingerprint density at radius 2 is 1.39 bits per heavy atom. The van der Waals surface area contributed by atoms with Crippen molar-refractivity contribution < 1.29 is 22.1 Å². The highest BCUT2D eigenvalue weighted by Gasteiger charge is 2.36. The molecule has 6 aromatic rings. The zero-order valence-electron chi connectivity index (χ0n) is 37.6. The summed E-state index contributed by atoms with van der Waals surface area (Å²) in [5.74, 6) is -0.0339. The van der Waals surface area contributed by atoms with Crippen molar-refractivity contribution in [3.63, 3.8) is 0 Å². The number of imidazole rings is 2. The van der Waals surface area contributed by atoms with Gasteiger partial charge in [-0.05, 0) is 83.2 Å². The molecule has 320 valence electrons. The summed E-state index contributed by atoms with van der Waals surface area (Å²) in [6.45, 7) is 27.9. The Morgan fingerprint density at radius 1 is 0.770 bits per heavy atom. The molecule has 0 bridgehead atoms. The molecule has 4 aromatic carbocycles. The maximum atomic E-state index is 14.9. The normalized spacial score (nSPS) is 12.5. The maximum absolute atomic E-state index is 14.9. The van der Waals surface area contributed by atoms with Crippen molar-refractivity contribution in [3.8, 4) is 39.6 Å². The van der Waals surface area contributed by atoms with Crippen LogP contribution in [0.2, 0.25) is 0 Å². The quantitative estimate of drug-likeness (QED) is 0.0766. The van der Waals surface area contributed by atoms with Crippen LogP contribution in [-0.4, -0.2) is 14.1 Å². The number of aromatic nitrogens is 4. The molecule has 7 rings (SSSR count). The smallest absolute Gasteiger partial charge is 0.297 e. The van der Waals surface area contributed by atoms with Crippen LogP contribution in [0.25, 0.3) is 45.3 Å². The summed E-state index contributed by atoms with van der Waals surface area (Å²) in [5, 5.41) is 0. The van der Waals surface area contributed by atoms with Gasteiger partial charge < -0.3 is 0 Å². The van der Waals surface area contributed by atoms with E-state index in [1.54, 1.807) is 6.20 Å². The molecule has 0 saturated carbocycles. The number of benzene rings is 4. The first kappa shape index (κ1) is 46.3. The number of hydrogen-bond acceptors (Lipinski definition) is 1. The van der Waals surface area contributed by atoms with Crippen LogP contribution in [0, 0.1) is 35.1 Å². The van der Waals surface area contributed by atoms with Gasteiger partial charge in [0, 0.05) is 41.2 Å². The maximum Gasteiger partial charge on any atom is 0.297 e. The molecule has 0 N–H and O–H groups in total. The Hall–Kier alpha value is -5.76. The van der Waals surface area contributed by atoms with Crippen LogP contribution in [0.3, 0.4) is 0 Å². The predicted molar refractivity (Wildman–Crippen MR) is 244 cm³/mol. The molecule has 0 unspecified atom stereocenters. The van der Waals surface area contributed by atoms with E-state index in [4.69, 9.17) is 0 Å². The summed E-state index contributed by atoms with van der Waals surface area (Å²) in [7, 11) is 0. The van der Waals surface area contributed by atoms with E-state index in [-0.39, 0.29) is 29.2 Å². The number of fused-ring (bicyclic) bond motifs is 3. The molecule has 61 heavy (non-hydrogen) atoms. The third-order valence-corrected chi connectivity index (χ3v) is 10.7. The predicted octanol–water partition coefficient (Wildman–Crippen LogP) is 14.9. The van der Waals surface area contributed by atoms with E-state index in [1.807, 2.05) is 46.8 Å². The molecule has 0 spiro atoms. The van der Waals surface area contributed by atoms with Crippen molar-refractivity contribution in [2.75, 3.05) is 0 Å². The highest BCUT2D eigenvalue weighted by atomic mass is 19.1. The molecule has 8 heteroatoms. The second-order valence-electron chi connectivity index (χ2n) is 16.7. The summed E-state index contributed by atoms with van der Waals surface area (Å²) in [6, 6.07) is 20.9. The van der Waals surface area contributed by atoms with Gasteiger partial charge in [0.1, 0.15) is 59.3 Å².